The molecule has 1 saturated carbocycles. The molecule has 1 atom stereocenters. The number of esters is 1. The van der Waals surface area contributed by atoms with Crippen LogP contribution in [0.4, 0.5) is 10.5 Å². The maximum atomic E-state index is 13.7. The monoisotopic (exact) mass is 505 g/mol. The Morgan fingerprint density at radius 3 is 2.41 bits per heavy atom. The van der Waals surface area contributed by atoms with Gasteiger partial charge in [0.2, 0.25) is 11.8 Å². The van der Waals surface area contributed by atoms with Crippen molar-refractivity contribution in [3.63, 3.8) is 0 Å². The summed E-state index contributed by atoms with van der Waals surface area (Å²) in [6.45, 7) is 1.54. The van der Waals surface area contributed by atoms with Crippen LogP contribution in [-0.2, 0) is 34.9 Å². The van der Waals surface area contributed by atoms with E-state index in [1.807, 2.05) is 47.4 Å². The number of nitrogens with zero attached hydrogens (tertiary/aromatic N) is 3. The molecule has 2 amide bonds. The lowest BCUT2D eigenvalue weighted by Gasteiger charge is -2.32. The topological polar surface area (TPSA) is 106 Å². The lowest BCUT2D eigenvalue weighted by atomic mass is 9.91. The first-order chi connectivity index (χ1) is 17.8. The number of hydrogen-bond acceptors (Lipinski definition) is 8. The van der Waals surface area contributed by atoms with E-state index < -0.39 is 17.2 Å². The first kappa shape index (κ1) is 23.5. The van der Waals surface area contributed by atoms with Crippen molar-refractivity contribution in [2.24, 2.45) is 0 Å². The van der Waals surface area contributed by atoms with Gasteiger partial charge in [0.25, 0.3) is 0 Å². The molecule has 1 spiro atoms. The fraction of sp³-hybridized carbons (Fsp3) is 0.407. The zero-order valence-electron chi connectivity index (χ0n) is 20.5. The molecule has 2 aromatic rings. The van der Waals surface area contributed by atoms with Crippen molar-refractivity contribution in [3.05, 3.63) is 65.2 Å². The summed E-state index contributed by atoms with van der Waals surface area (Å²) in [7, 11) is 1.21. The second kappa shape index (κ2) is 8.58. The van der Waals surface area contributed by atoms with E-state index in [1.165, 1.54) is 12.2 Å². The van der Waals surface area contributed by atoms with Gasteiger partial charge in [0.15, 0.2) is 5.60 Å². The third-order valence-corrected chi connectivity index (χ3v) is 7.89. The van der Waals surface area contributed by atoms with E-state index in [0.717, 1.165) is 29.7 Å². The molecule has 2 aromatic carbocycles. The van der Waals surface area contributed by atoms with E-state index in [9.17, 15) is 19.2 Å². The minimum atomic E-state index is -0.857. The number of carbonyl (C=O) groups is 4. The van der Waals surface area contributed by atoms with E-state index in [4.69, 9.17) is 9.57 Å². The van der Waals surface area contributed by atoms with Crippen LogP contribution in [0.2, 0.25) is 0 Å². The molecule has 0 N–H and O–H groups in total. The molecule has 3 fully saturated rings. The normalized spacial score (nSPS) is 24.1. The standard InChI is InChI=1S/C27H27N3O7/c1-35-25(34)37-29-14-15-30(22(31)16-29)19-8-6-18(7-9-19)26(10-11-26)24(33)28-13-12-27(17-28)21-5-3-2-4-20(21)23(32)36-27/h2-9H,10-17H2,1H3. The number of methoxy groups -OCH3 is 1. The molecule has 2 saturated heterocycles. The number of benzene rings is 2. The average molecular weight is 506 g/mol. The van der Waals surface area contributed by atoms with Crippen LogP contribution < -0.4 is 4.90 Å². The second-order valence-electron chi connectivity index (χ2n) is 9.99. The molecule has 37 heavy (non-hydrogen) atoms. The van der Waals surface area contributed by atoms with Gasteiger partial charge in [-0.3, -0.25) is 9.59 Å². The van der Waals surface area contributed by atoms with Gasteiger partial charge in [-0.2, -0.15) is 0 Å². The first-order valence-electron chi connectivity index (χ1n) is 12.4. The molecule has 10 heteroatoms. The summed E-state index contributed by atoms with van der Waals surface area (Å²) < 4.78 is 10.3. The van der Waals surface area contributed by atoms with E-state index in [0.29, 0.717) is 38.2 Å². The Labute approximate surface area is 213 Å². The van der Waals surface area contributed by atoms with Gasteiger partial charge in [0, 0.05) is 30.8 Å². The fourth-order valence-electron chi connectivity index (χ4n) is 5.76. The number of hydroxylamine groups is 2. The Morgan fingerprint density at radius 1 is 0.946 bits per heavy atom. The van der Waals surface area contributed by atoms with Crippen LogP contribution in [0.1, 0.15) is 40.7 Å². The number of fused-ring (bicyclic) bond motifs is 2. The van der Waals surface area contributed by atoms with Crippen molar-refractivity contribution < 1.29 is 33.5 Å². The quantitative estimate of drug-likeness (QED) is 0.584. The summed E-state index contributed by atoms with van der Waals surface area (Å²) >= 11 is 0. The number of ether oxygens (including phenoxy) is 2. The number of likely N-dealkylation sites (tertiary alicyclic amines) is 1. The van der Waals surface area contributed by atoms with E-state index in [-0.39, 0.29) is 24.3 Å². The third-order valence-electron chi connectivity index (χ3n) is 7.89. The van der Waals surface area contributed by atoms with E-state index >= 15 is 0 Å². The lowest BCUT2D eigenvalue weighted by molar-refractivity contribution is -0.149. The minimum Gasteiger partial charge on any atom is -0.449 e. The predicted octanol–water partition coefficient (Wildman–Crippen LogP) is 2.36. The molecule has 0 aromatic heterocycles. The largest absolute Gasteiger partial charge is 0.527 e. The molecule has 0 radical (unpaired) electrons. The lowest BCUT2D eigenvalue weighted by Crippen LogP contribution is -2.50. The molecule has 1 unspecified atom stereocenters. The number of piperazine rings is 1. The van der Waals surface area contributed by atoms with Crippen molar-refractivity contribution >= 4 is 29.6 Å². The van der Waals surface area contributed by atoms with Crippen LogP contribution in [0.3, 0.4) is 0 Å². The number of anilines is 1. The van der Waals surface area contributed by atoms with Crippen LogP contribution in [-0.4, -0.2) is 73.7 Å². The highest BCUT2D eigenvalue weighted by molar-refractivity contribution is 5.97. The smallest absolute Gasteiger partial charge is 0.449 e. The molecule has 4 aliphatic rings. The molecule has 6 rings (SSSR count). The summed E-state index contributed by atoms with van der Waals surface area (Å²) in [5.41, 5.74) is 1.76. The van der Waals surface area contributed by atoms with Gasteiger partial charge in [-0.05, 0) is 36.6 Å². The minimum absolute atomic E-state index is 0.0576. The number of hydrogen-bond donors (Lipinski definition) is 0. The summed E-state index contributed by atoms with van der Waals surface area (Å²) in [6, 6.07) is 15.0. The molecule has 1 aliphatic carbocycles. The number of rotatable bonds is 4. The Kier molecular flexibility index (Phi) is 5.45. The number of amides is 2. The summed E-state index contributed by atoms with van der Waals surface area (Å²) in [4.78, 5) is 58.5. The highest BCUT2D eigenvalue weighted by atomic mass is 16.8. The first-order valence-corrected chi connectivity index (χ1v) is 12.4. The van der Waals surface area contributed by atoms with Crippen LogP contribution in [0.15, 0.2) is 48.5 Å². The van der Waals surface area contributed by atoms with Gasteiger partial charge in [-0.15, -0.1) is 5.06 Å². The van der Waals surface area contributed by atoms with Crippen molar-refractivity contribution in [2.75, 3.05) is 44.7 Å². The SMILES string of the molecule is COC(=O)ON1CCN(c2ccc(C3(C(=O)N4CCC5(C4)OC(=O)c4ccccc45)CC3)cc2)C(=O)C1. The zero-order valence-corrected chi connectivity index (χ0v) is 20.5. The molecule has 192 valence electrons. The summed E-state index contributed by atoms with van der Waals surface area (Å²) in [5, 5.41) is 1.28. The zero-order chi connectivity index (χ0) is 25.8. The van der Waals surface area contributed by atoms with Crippen molar-refractivity contribution in [3.8, 4) is 0 Å². The highest BCUT2D eigenvalue weighted by Crippen LogP contribution is 2.52. The van der Waals surface area contributed by atoms with Gasteiger partial charge in [0.05, 0.1) is 31.2 Å². The van der Waals surface area contributed by atoms with Gasteiger partial charge in [0.1, 0.15) is 6.54 Å². The summed E-state index contributed by atoms with van der Waals surface area (Å²) in [6.07, 6.45) is 1.25. The van der Waals surface area contributed by atoms with E-state index in [1.54, 1.807) is 11.0 Å². The molecule has 3 aliphatic heterocycles. The maximum Gasteiger partial charge on any atom is 0.527 e. The Bertz CT molecular complexity index is 1290. The second-order valence-corrected chi connectivity index (χ2v) is 9.99. The van der Waals surface area contributed by atoms with Crippen LogP contribution in [0.25, 0.3) is 0 Å². The third kappa shape index (κ3) is 3.83. The van der Waals surface area contributed by atoms with E-state index in [2.05, 4.69) is 4.74 Å². The Balaban J connectivity index is 1.14. The Hall–Kier alpha value is -3.92. The van der Waals surface area contributed by atoms with Crippen LogP contribution in [0.5, 0.6) is 0 Å². The van der Waals surface area contributed by atoms with Gasteiger partial charge in [-0.25, -0.2) is 9.59 Å². The van der Waals surface area contributed by atoms with Gasteiger partial charge >= 0.3 is 12.1 Å². The highest BCUT2D eigenvalue weighted by Gasteiger charge is 2.57. The van der Waals surface area contributed by atoms with Crippen molar-refractivity contribution in [2.45, 2.75) is 30.3 Å². The van der Waals surface area contributed by atoms with Crippen molar-refractivity contribution in [1.29, 1.82) is 0 Å². The molecule has 0 bridgehead atoms. The molecule has 10 nitrogen and oxygen atoms in total. The average Bonchev–Trinajstić information content (AvgIpc) is 3.54. The number of carbonyl (C=O) groups excluding carboxylic acids is 4. The molecule has 3 heterocycles. The van der Waals surface area contributed by atoms with Gasteiger partial charge < -0.3 is 24.1 Å². The van der Waals surface area contributed by atoms with Crippen LogP contribution >= 0.6 is 0 Å². The maximum absolute atomic E-state index is 13.7. The fourth-order valence-corrected chi connectivity index (χ4v) is 5.76. The van der Waals surface area contributed by atoms with Crippen LogP contribution in [0, 0.1) is 0 Å². The van der Waals surface area contributed by atoms with Crippen molar-refractivity contribution in [1.82, 2.24) is 9.96 Å². The molecular weight excluding hydrogens is 478 g/mol. The Morgan fingerprint density at radius 2 is 1.70 bits per heavy atom. The van der Waals surface area contributed by atoms with Gasteiger partial charge in [-0.1, -0.05) is 30.3 Å². The summed E-state index contributed by atoms with van der Waals surface area (Å²) in [5.74, 6) is -0.468. The molecular formula is C27H27N3O7. The predicted molar refractivity (Wildman–Crippen MR) is 130 cm³/mol.